The molecule has 152 valence electrons. The van der Waals surface area contributed by atoms with Crippen molar-refractivity contribution >= 4 is 29.1 Å². The summed E-state index contributed by atoms with van der Waals surface area (Å²) in [4.78, 5) is 27.2. The lowest BCUT2D eigenvalue weighted by Gasteiger charge is -2.22. The monoisotopic (exact) mass is 420 g/mol. The van der Waals surface area contributed by atoms with Gasteiger partial charge in [0.05, 0.1) is 10.6 Å². The van der Waals surface area contributed by atoms with Crippen LogP contribution in [-0.2, 0) is 17.9 Å². The number of halogens is 1. The molecule has 3 aromatic rings. The minimum Gasteiger partial charge on any atom is -0.481 e. The SMILES string of the molecule is C[C@@H]1Oc2ccc(NC(=O)c3ccccc3Cl)cc2CN(Cc2ccccc2)C1=O. The van der Waals surface area contributed by atoms with E-state index < -0.39 is 6.10 Å². The van der Waals surface area contributed by atoms with Crippen molar-refractivity contribution in [3.63, 3.8) is 0 Å². The zero-order chi connectivity index (χ0) is 21.1. The zero-order valence-corrected chi connectivity index (χ0v) is 17.2. The number of carbonyl (C=O) groups is 2. The fraction of sp³-hybridized carbons (Fsp3) is 0.167. The molecule has 0 unspecified atom stereocenters. The average Bonchev–Trinajstić information content (AvgIpc) is 2.86. The Morgan fingerprint density at radius 3 is 2.60 bits per heavy atom. The summed E-state index contributed by atoms with van der Waals surface area (Å²) in [5.41, 5.74) is 2.90. The average molecular weight is 421 g/mol. The van der Waals surface area contributed by atoms with Crippen molar-refractivity contribution < 1.29 is 14.3 Å². The second-order valence-electron chi connectivity index (χ2n) is 7.20. The van der Waals surface area contributed by atoms with Gasteiger partial charge in [-0.3, -0.25) is 9.59 Å². The van der Waals surface area contributed by atoms with Crippen LogP contribution < -0.4 is 10.1 Å². The van der Waals surface area contributed by atoms with Gasteiger partial charge in [0.2, 0.25) is 0 Å². The number of fused-ring (bicyclic) bond motifs is 1. The van der Waals surface area contributed by atoms with Crippen LogP contribution in [0.25, 0.3) is 0 Å². The molecular formula is C24H21ClN2O3. The fourth-order valence-electron chi connectivity index (χ4n) is 3.46. The Morgan fingerprint density at radius 2 is 1.83 bits per heavy atom. The molecule has 4 rings (SSSR count). The molecule has 1 aliphatic heterocycles. The van der Waals surface area contributed by atoms with Gasteiger partial charge in [-0.25, -0.2) is 0 Å². The molecule has 0 aromatic heterocycles. The fourth-order valence-corrected chi connectivity index (χ4v) is 3.68. The Kier molecular flexibility index (Phi) is 5.72. The van der Waals surface area contributed by atoms with Crippen LogP contribution in [0, 0.1) is 0 Å². The van der Waals surface area contributed by atoms with Gasteiger partial charge in [-0.2, -0.15) is 0 Å². The summed E-state index contributed by atoms with van der Waals surface area (Å²) in [7, 11) is 0. The maximum atomic E-state index is 12.8. The van der Waals surface area contributed by atoms with Gasteiger partial charge in [-0.15, -0.1) is 0 Å². The minimum absolute atomic E-state index is 0.0725. The van der Waals surface area contributed by atoms with Crippen molar-refractivity contribution in [2.24, 2.45) is 0 Å². The highest BCUT2D eigenvalue weighted by molar-refractivity contribution is 6.34. The molecule has 0 saturated heterocycles. The lowest BCUT2D eigenvalue weighted by molar-refractivity contribution is -0.138. The molecule has 5 nitrogen and oxygen atoms in total. The normalized spacial score (nSPS) is 15.7. The number of benzene rings is 3. The molecule has 30 heavy (non-hydrogen) atoms. The lowest BCUT2D eigenvalue weighted by atomic mass is 10.1. The molecule has 0 radical (unpaired) electrons. The van der Waals surface area contributed by atoms with Gasteiger partial charge >= 0.3 is 0 Å². The largest absolute Gasteiger partial charge is 0.481 e. The number of rotatable bonds is 4. The van der Waals surface area contributed by atoms with Crippen LogP contribution in [0.2, 0.25) is 5.02 Å². The third-order valence-corrected chi connectivity index (χ3v) is 5.31. The molecule has 2 amide bonds. The number of nitrogens with one attached hydrogen (secondary N) is 1. The maximum Gasteiger partial charge on any atom is 0.263 e. The van der Waals surface area contributed by atoms with E-state index in [1.54, 1.807) is 48.2 Å². The molecule has 0 bridgehead atoms. The third kappa shape index (κ3) is 4.31. The topological polar surface area (TPSA) is 58.6 Å². The Bertz CT molecular complexity index is 1080. The van der Waals surface area contributed by atoms with Crippen molar-refractivity contribution in [1.82, 2.24) is 4.90 Å². The highest BCUT2D eigenvalue weighted by Crippen LogP contribution is 2.30. The lowest BCUT2D eigenvalue weighted by Crippen LogP contribution is -2.37. The number of carbonyl (C=O) groups excluding carboxylic acids is 2. The van der Waals surface area contributed by atoms with E-state index in [1.165, 1.54) is 0 Å². The van der Waals surface area contributed by atoms with Crippen molar-refractivity contribution in [1.29, 1.82) is 0 Å². The summed E-state index contributed by atoms with van der Waals surface area (Å²) in [5.74, 6) is 0.277. The second kappa shape index (κ2) is 8.59. The van der Waals surface area contributed by atoms with Crippen LogP contribution >= 0.6 is 11.6 Å². The Labute approximate surface area is 180 Å². The summed E-state index contributed by atoms with van der Waals surface area (Å²) in [6.07, 6.45) is -0.585. The van der Waals surface area contributed by atoms with Crippen LogP contribution in [0.3, 0.4) is 0 Å². The number of nitrogens with zero attached hydrogens (tertiary/aromatic N) is 1. The van der Waals surface area contributed by atoms with Crippen molar-refractivity contribution in [2.45, 2.75) is 26.1 Å². The number of amides is 2. The van der Waals surface area contributed by atoms with Gasteiger partial charge in [0.15, 0.2) is 6.10 Å². The van der Waals surface area contributed by atoms with Crippen LogP contribution in [0.5, 0.6) is 5.75 Å². The quantitative estimate of drug-likeness (QED) is 0.653. The van der Waals surface area contributed by atoms with Gasteiger partial charge in [0.25, 0.3) is 11.8 Å². The predicted octanol–water partition coefficient (Wildman–Crippen LogP) is 4.90. The molecule has 0 saturated carbocycles. The van der Waals surface area contributed by atoms with Crippen LogP contribution in [0.1, 0.15) is 28.4 Å². The molecule has 0 fully saturated rings. The highest BCUT2D eigenvalue weighted by atomic mass is 35.5. The summed E-state index contributed by atoms with van der Waals surface area (Å²) in [6.45, 7) is 2.63. The Hall–Kier alpha value is -3.31. The van der Waals surface area contributed by atoms with Crippen LogP contribution in [-0.4, -0.2) is 22.8 Å². The maximum absolute atomic E-state index is 12.8. The first kappa shape index (κ1) is 20.0. The van der Waals surface area contributed by atoms with Crippen molar-refractivity contribution in [3.05, 3.63) is 94.5 Å². The molecule has 6 heteroatoms. The van der Waals surface area contributed by atoms with Crippen LogP contribution in [0.15, 0.2) is 72.8 Å². The van der Waals surface area contributed by atoms with Crippen molar-refractivity contribution in [2.75, 3.05) is 5.32 Å². The third-order valence-electron chi connectivity index (χ3n) is 4.98. The molecule has 1 N–H and O–H groups in total. The standard InChI is InChI=1S/C24H21ClN2O3/c1-16-24(29)27(14-17-7-3-2-4-8-17)15-18-13-19(11-12-22(18)30-16)26-23(28)20-9-5-6-10-21(20)25/h2-13,16H,14-15H2,1H3,(H,26,28)/t16-/m0/s1. The molecule has 1 aliphatic rings. The Morgan fingerprint density at radius 1 is 1.10 bits per heavy atom. The van der Waals surface area contributed by atoms with Gasteiger partial charge < -0.3 is 15.0 Å². The minimum atomic E-state index is -0.585. The van der Waals surface area contributed by atoms with E-state index >= 15 is 0 Å². The number of ether oxygens (including phenoxy) is 1. The van der Waals surface area contributed by atoms with Gasteiger partial charge in [-0.05, 0) is 42.8 Å². The van der Waals surface area contributed by atoms with E-state index in [1.807, 2.05) is 36.4 Å². The van der Waals surface area contributed by atoms with Gasteiger partial charge in [0.1, 0.15) is 5.75 Å². The summed E-state index contributed by atoms with van der Waals surface area (Å²) < 4.78 is 5.88. The van der Waals surface area contributed by atoms with Gasteiger partial charge in [-0.1, -0.05) is 54.1 Å². The molecule has 0 aliphatic carbocycles. The first-order chi connectivity index (χ1) is 14.5. The molecule has 3 aromatic carbocycles. The number of hydrogen-bond donors (Lipinski definition) is 1. The summed E-state index contributed by atoms with van der Waals surface area (Å²) >= 11 is 6.13. The first-order valence-corrected chi connectivity index (χ1v) is 10.1. The van der Waals surface area contributed by atoms with Crippen LogP contribution in [0.4, 0.5) is 5.69 Å². The van der Waals surface area contributed by atoms with E-state index in [-0.39, 0.29) is 11.8 Å². The summed E-state index contributed by atoms with van der Waals surface area (Å²) in [6, 6.07) is 22.1. The number of anilines is 1. The van der Waals surface area contributed by atoms with Gasteiger partial charge in [0, 0.05) is 24.3 Å². The first-order valence-electron chi connectivity index (χ1n) is 9.69. The van der Waals surface area contributed by atoms with E-state index in [0.717, 1.165) is 11.1 Å². The molecular weight excluding hydrogens is 400 g/mol. The summed E-state index contributed by atoms with van der Waals surface area (Å²) in [5, 5.41) is 3.26. The zero-order valence-electron chi connectivity index (χ0n) is 16.5. The van der Waals surface area contributed by atoms with Crippen molar-refractivity contribution in [3.8, 4) is 5.75 Å². The Balaban J connectivity index is 1.58. The van der Waals surface area contributed by atoms with E-state index in [0.29, 0.717) is 35.1 Å². The van der Waals surface area contributed by atoms with E-state index in [2.05, 4.69) is 5.32 Å². The smallest absolute Gasteiger partial charge is 0.263 e. The second-order valence-corrected chi connectivity index (χ2v) is 7.60. The highest BCUT2D eigenvalue weighted by Gasteiger charge is 2.28. The molecule has 0 spiro atoms. The molecule has 1 atom stereocenters. The predicted molar refractivity (Wildman–Crippen MR) is 117 cm³/mol. The number of hydrogen-bond acceptors (Lipinski definition) is 3. The molecule has 1 heterocycles. The van der Waals surface area contributed by atoms with E-state index in [4.69, 9.17) is 16.3 Å². The van der Waals surface area contributed by atoms with E-state index in [9.17, 15) is 9.59 Å².